The molecule has 15 heavy (non-hydrogen) atoms. The van der Waals surface area contributed by atoms with Crippen LogP contribution in [-0.2, 0) is 4.74 Å². The van der Waals surface area contributed by atoms with E-state index in [4.69, 9.17) is 4.74 Å². The Morgan fingerprint density at radius 3 is 1.53 bits per heavy atom. The van der Waals surface area contributed by atoms with Crippen LogP contribution < -0.4 is 0 Å². The molecule has 0 saturated carbocycles. The zero-order valence-corrected chi connectivity index (χ0v) is 13.6. The molecule has 0 radical (unpaired) electrons. The summed E-state index contributed by atoms with van der Waals surface area (Å²) in [5, 5.41) is 0. The minimum atomic E-state index is 0.0973. The van der Waals surface area contributed by atoms with Gasteiger partial charge in [0.05, 0.1) is 0 Å². The summed E-state index contributed by atoms with van der Waals surface area (Å²) in [6.07, 6.45) is 4.40. The lowest BCUT2D eigenvalue weighted by Crippen LogP contribution is -1.97. The van der Waals surface area contributed by atoms with Crippen LogP contribution in [0.5, 0.6) is 0 Å². The molecular weight excluding hydrogens is 456 g/mol. The van der Waals surface area contributed by atoms with E-state index in [1.54, 1.807) is 0 Å². The maximum Gasteiger partial charge on any atom is 0.104 e. The Bertz CT molecular complexity index is 452. The first-order chi connectivity index (χ1) is 7.11. The summed E-state index contributed by atoms with van der Waals surface area (Å²) in [4.78, 5) is 0. The van der Waals surface area contributed by atoms with Gasteiger partial charge in [-0.2, -0.15) is 0 Å². The summed E-state index contributed by atoms with van der Waals surface area (Å²) in [5.41, 5.74) is 2.45. The molecule has 0 saturated heterocycles. The highest BCUT2D eigenvalue weighted by molar-refractivity contribution is 9.15. The smallest absolute Gasteiger partial charge is 0.104 e. The third-order valence-electron chi connectivity index (χ3n) is 2.66. The van der Waals surface area contributed by atoms with Crippen molar-refractivity contribution in [2.45, 2.75) is 12.2 Å². The molecule has 0 amide bonds. The molecule has 1 aromatic rings. The van der Waals surface area contributed by atoms with Gasteiger partial charge < -0.3 is 4.74 Å². The van der Waals surface area contributed by atoms with E-state index < -0.39 is 0 Å². The lowest BCUT2D eigenvalue weighted by Gasteiger charge is -2.15. The molecule has 0 N–H and O–H groups in total. The molecule has 1 nitrogen and oxygen atoms in total. The molecule has 2 bridgehead atoms. The predicted octanol–water partition coefficient (Wildman–Crippen LogP) is 5.42. The number of fused-ring (bicyclic) bond motifs is 5. The number of hydrogen-bond donors (Lipinski definition) is 0. The molecule has 5 heteroatoms. The van der Waals surface area contributed by atoms with Crippen molar-refractivity contribution in [1.29, 1.82) is 0 Å². The third kappa shape index (κ3) is 1.40. The molecule has 78 valence electrons. The summed E-state index contributed by atoms with van der Waals surface area (Å²) in [6.45, 7) is 0. The van der Waals surface area contributed by atoms with Gasteiger partial charge in [-0.3, -0.25) is 0 Å². The van der Waals surface area contributed by atoms with E-state index >= 15 is 0 Å². The fourth-order valence-electron chi connectivity index (χ4n) is 2.00. The molecule has 0 spiro atoms. The summed E-state index contributed by atoms with van der Waals surface area (Å²) in [7, 11) is 0. The first-order valence-corrected chi connectivity index (χ1v) is 7.48. The van der Waals surface area contributed by atoms with E-state index in [1.807, 2.05) is 0 Å². The highest BCUT2D eigenvalue weighted by Crippen LogP contribution is 2.55. The van der Waals surface area contributed by atoms with Gasteiger partial charge >= 0.3 is 0 Å². The average Bonchev–Trinajstić information content (AvgIpc) is 2.82. The molecule has 2 aliphatic rings. The Labute approximate surface area is 121 Å². The third-order valence-corrected chi connectivity index (χ3v) is 7.49. The molecular formula is C10H4Br4O. The van der Waals surface area contributed by atoms with E-state index in [2.05, 4.69) is 75.9 Å². The normalized spacial score (nSPS) is 26.1. The summed E-state index contributed by atoms with van der Waals surface area (Å²) in [5.74, 6) is 0. The van der Waals surface area contributed by atoms with Gasteiger partial charge in [0, 0.05) is 29.0 Å². The van der Waals surface area contributed by atoms with Crippen LogP contribution in [0.25, 0.3) is 0 Å². The molecule has 2 atom stereocenters. The second-order valence-corrected chi connectivity index (χ2v) is 6.62. The standard InChI is InChI=1S/C10H4Br4O/c11-7-5-3-1-2-4(15-3)6(5)8(12)10(14)9(7)13/h1-4H. The van der Waals surface area contributed by atoms with Crippen LogP contribution in [0.3, 0.4) is 0 Å². The second kappa shape index (κ2) is 3.67. The highest BCUT2D eigenvalue weighted by Gasteiger charge is 2.38. The van der Waals surface area contributed by atoms with Crippen LogP contribution in [-0.4, -0.2) is 0 Å². The van der Waals surface area contributed by atoms with Crippen LogP contribution in [0.2, 0.25) is 0 Å². The zero-order valence-electron chi connectivity index (χ0n) is 7.23. The van der Waals surface area contributed by atoms with E-state index in [-0.39, 0.29) is 12.2 Å². The van der Waals surface area contributed by atoms with Gasteiger partial charge in [0.15, 0.2) is 0 Å². The fourth-order valence-corrected chi connectivity index (χ4v) is 4.63. The lowest BCUT2D eigenvalue weighted by atomic mass is 9.97. The van der Waals surface area contributed by atoms with Gasteiger partial charge in [0.1, 0.15) is 12.2 Å². The van der Waals surface area contributed by atoms with Gasteiger partial charge in [-0.1, -0.05) is 12.2 Å². The highest BCUT2D eigenvalue weighted by atomic mass is 79.9. The van der Waals surface area contributed by atoms with E-state index in [0.717, 1.165) is 17.9 Å². The molecule has 0 aromatic heterocycles. The van der Waals surface area contributed by atoms with Crippen molar-refractivity contribution in [2.24, 2.45) is 0 Å². The fraction of sp³-hybridized carbons (Fsp3) is 0.200. The first-order valence-electron chi connectivity index (χ1n) is 4.30. The molecule has 1 aromatic carbocycles. The molecule has 0 aliphatic carbocycles. The zero-order chi connectivity index (χ0) is 10.7. The maximum absolute atomic E-state index is 5.80. The Kier molecular flexibility index (Phi) is 2.68. The SMILES string of the molecule is Brc1c(Br)c(Br)c2c(c1Br)C1C=CC2O1. The van der Waals surface area contributed by atoms with Crippen LogP contribution in [0.1, 0.15) is 23.3 Å². The minimum absolute atomic E-state index is 0.0973. The second-order valence-electron chi connectivity index (χ2n) is 3.45. The Balaban J connectivity index is 2.38. The van der Waals surface area contributed by atoms with E-state index in [9.17, 15) is 0 Å². The molecule has 3 rings (SSSR count). The van der Waals surface area contributed by atoms with E-state index in [1.165, 1.54) is 11.1 Å². The van der Waals surface area contributed by atoms with Gasteiger partial charge in [-0.25, -0.2) is 0 Å². The van der Waals surface area contributed by atoms with Crippen LogP contribution >= 0.6 is 63.7 Å². The lowest BCUT2D eigenvalue weighted by molar-refractivity contribution is 0.0874. The van der Waals surface area contributed by atoms with Crippen molar-refractivity contribution >= 4 is 63.7 Å². The number of ether oxygens (including phenoxy) is 1. The monoisotopic (exact) mass is 456 g/mol. The molecule has 2 aliphatic heterocycles. The molecule has 2 unspecified atom stereocenters. The van der Waals surface area contributed by atoms with Crippen molar-refractivity contribution < 1.29 is 4.74 Å². The quantitative estimate of drug-likeness (QED) is 0.286. The Hall–Kier alpha value is 0.840. The topological polar surface area (TPSA) is 9.23 Å². The Morgan fingerprint density at radius 2 is 1.13 bits per heavy atom. The van der Waals surface area contributed by atoms with E-state index in [0.29, 0.717) is 0 Å². The number of rotatable bonds is 0. The van der Waals surface area contributed by atoms with Crippen molar-refractivity contribution in [3.8, 4) is 0 Å². The van der Waals surface area contributed by atoms with Crippen LogP contribution in [0, 0.1) is 0 Å². The molecule has 2 heterocycles. The van der Waals surface area contributed by atoms with Gasteiger partial charge in [-0.15, -0.1) is 0 Å². The van der Waals surface area contributed by atoms with Crippen molar-refractivity contribution in [3.63, 3.8) is 0 Å². The number of benzene rings is 1. The maximum atomic E-state index is 5.80. The van der Waals surface area contributed by atoms with Crippen LogP contribution in [0.15, 0.2) is 30.0 Å². The summed E-state index contributed by atoms with van der Waals surface area (Å²) < 4.78 is 10.00. The van der Waals surface area contributed by atoms with Gasteiger partial charge in [0.25, 0.3) is 0 Å². The predicted molar refractivity (Wildman–Crippen MR) is 72.9 cm³/mol. The minimum Gasteiger partial charge on any atom is -0.357 e. The Morgan fingerprint density at radius 1 is 0.733 bits per heavy atom. The summed E-state index contributed by atoms with van der Waals surface area (Å²) >= 11 is 14.3. The largest absolute Gasteiger partial charge is 0.357 e. The average molecular weight is 460 g/mol. The molecule has 0 fully saturated rings. The number of halogens is 4. The van der Waals surface area contributed by atoms with Crippen molar-refractivity contribution in [3.05, 3.63) is 41.2 Å². The first kappa shape index (κ1) is 11.0. The van der Waals surface area contributed by atoms with Gasteiger partial charge in [-0.05, 0) is 63.7 Å². The van der Waals surface area contributed by atoms with Crippen LogP contribution in [0.4, 0.5) is 0 Å². The van der Waals surface area contributed by atoms with Gasteiger partial charge in [0.2, 0.25) is 0 Å². The van der Waals surface area contributed by atoms with Crippen molar-refractivity contribution in [2.75, 3.05) is 0 Å². The summed E-state index contributed by atoms with van der Waals surface area (Å²) in [6, 6.07) is 0. The number of hydrogen-bond acceptors (Lipinski definition) is 1. The van der Waals surface area contributed by atoms with Crippen molar-refractivity contribution in [1.82, 2.24) is 0 Å².